The van der Waals surface area contributed by atoms with E-state index in [-0.39, 0.29) is 34.8 Å². The average Bonchev–Trinajstić information content (AvgIpc) is 3.58. The molecule has 1 atom stereocenters. The van der Waals surface area contributed by atoms with Gasteiger partial charge in [0, 0.05) is 5.56 Å². The van der Waals surface area contributed by atoms with E-state index in [1.807, 2.05) is 17.0 Å². The normalized spacial score (nSPS) is 25.1. The Hall–Kier alpha value is -3.24. The van der Waals surface area contributed by atoms with Gasteiger partial charge in [-0.05, 0) is 85.6 Å². The van der Waals surface area contributed by atoms with E-state index in [0.29, 0.717) is 41.4 Å². The number of hydrogen-bond donors (Lipinski definition) is 4. The molecule has 1 unspecified atom stereocenters. The van der Waals surface area contributed by atoms with Crippen LogP contribution in [0.2, 0.25) is 0 Å². The molecule has 9 nitrogen and oxygen atoms in total. The number of rotatable bonds is 8. The molecule has 5 rings (SSSR count). The van der Waals surface area contributed by atoms with Crippen LogP contribution in [-0.4, -0.2) is 40.5 Å². The average molecular weight is 598 g/mol. The zero-order chi connectivity index (χ0) is 30.1. The molecular formula is C31H41ClFN7O2. The number of amidine groups is 1. The van der Waals surface area contributed by atoms with Crippen LogP contribution in [0.4, 0.5) is 4.39 Å². The smallest absolute Gasteiger partial charge is 0.274 e. The van der Waals surface area contributed by atoms with Crippen molar-refractivity contribution in [3.63, 3.8) is 0 Å². The van der Waals surface area contributed by atoms with Crippen LogP contribution in [0.1, 0.15) is 101 Å². The highest BCUT2D eigenvalue weighted by Crippen LogP contribution is 2.50. The number of carbonyl (C=O) groups excluding carboxylic acids is 2. The molecule has 1 spiro atoms. The van der Waals surface area contributed by atoms with Crippen LogP contribution in [0.15, 0.2) is 56.9 Å². The predicted octanol–water partition coefficient (Wildman–Crippen LogP) is 5.54. The summed E-state index contributed by atoms with van der Waals surface area (Å²) in [6, 6.07) is 7.24. The summed E-state index contributed by atoms with van der Waals surface area (Å²) >= 11 is 6.05. The molecule has 1 saturated carbocycles. The first-order chi connectivity index (χ1) is 20.0. The molecule has 2 amide bonds. The molecule has 1 aromatic carbocycles. The van der Waals surface area contributed by atoms with Crippen molar-refractivity contribution in [3.8, 4) is 0 Å². The fourth-order valence-corrected chi connectivity index (χ4v) is 6.70. The third-order valence-corrected chi connectivity index (χ3v) is 9.35. The molecule has 4 aliphatic rings. The molecule has 1 aromatic rings. The van der Waals surface area contributed by atoms with E-state index in [2.05, 4.69) is 54.6 Å². The Kier molecular flexibility index (Phi) is 8.76. The van der Waals surface area contributed by atoms with Crippen molar-refractivity contribution in [1.29, 1.82) is 0 Å². The molecule has 4 N–H and O–H groups in total. The number of aliphatic imine (C=N–C) groups is 1. The fourth-order valence-electron chi connectivity index (χ4n) is 6.55. The van der Waals surface area contributed by atoms with E-state index in [4.69, 9.17) is 16.6 Å². The maximum atomic E-state index is 14.6. The maximum absolute atomic E-state index is 14.6. The topological polar surface area (TPSA) is 110 Å². The molecule has 42 heavy (non-hydrogen) atoms. The van der Waals surface area contributed by atoms with Crippen LogP contribution < -0.4 is 21.8 Å². The second-order valence-electron chi connectivity index (χ2n) is 12.7. The minimum absolute atomic E-state index is 0.145. The van der Waals surface area contributed by atoms with Crippen LogP contribution >= 0.6 is 11.6 Å². The summed E-state index contributed by atoms with van der Waals surface area (Å²) < 4.78 is 14.6. The Morgan fingerprint density at radius 3 is 2.52 bits per heavy atom. The molecule has 2 aliphatic heterocycles. The van der Waals surface area contributed by atoms with Crippen molar-refractivity contribution in [2.75, 3.05) is 6.54 Å². The standard InChI is InChI=1S/C31H41ClFN7O2/c1-5-6-25(19-7-9-20(10-8-19)28(41)34-18-26-36-38-39-37-26)40-29(42)27(21-11-12-23(32)24(33)17-21)35-31(40)15-13-22(14-16-31)30(2,3)4/h7-10,17,22,25,38-39H,5-6,11-16,18H2,1-4H3,(H,34,41)(H,36,37). The summed E-state index contributed by atoms with van der Waals surface area (Å²) in [6.45, 7) is 9.18. The number of halogens is 2. The van der Waals surface area contributed by atoms with Gasteiger partial charge in [0.2, 0.25) is 0 Å². The van der Waals surface area contributed by atoms with Gasteiger partial charge in [-0.25, -0.2) is 9.93 Å². The number of hydrogen-bond acceptors (Lipinski definition) is 7. The van der Waals surface area contributed by atoms with Crippen LogP contribution in [0.25, 0.3) is 0 Å². The number of carbonyl (C=O) groups is 2. The van der Waals surface area contributed by atoms with Crippen LogP contribution in [-0.2, 0) is 4.79 Å². The number of nitrogens with one attached hydrogen (secondary N) is 4. The number of hydrazine groups is 2. The van der Waals surface area contributed by atoms with Crippen molar-refractivity contribution < 1.29 is 14.0 Å². The van der Waals surface area contributed by atoms with E-state index in [1.54, 1.807) is 12.1 Å². The molecule has 2 aliphatic carbocycles. The van der Waals surface area contributed by atoms with Crippen LogP contribution in [0, 0.1) is 11.3 Å². The SMILES string of the molecule is CCCC(c1ccc(C(=O)NCC2=NNNN2)cc1)N1C(=O)C(C2=CC(F)=C(Cl)CC2)=NC12CCC(C(C)(C)C)CC2. The molecule has 1 fully saturated rings. The zero-order valence-corrected chi connectivity index (χ0v) is 25.6. The van der Waals surface area contributed by atoms with Gasteiger partial charge in [0.15, 0.2) is 5.84 Å². The van der Waals surface area contributed by atoms with E-state index >= 15 is 0 Å². The van der Waals surface area contributed by atoms with E-state index in [0.717, 1.165) is 44.1 Å². The summed E-state index contributed by atoms with van der Waals surface area (Å²) in [5.74, 6) is 0.256. The number of hydrazone groups is 1. The summed E-state index contributed by atoms with van der Waals surface area (Å²) in [5, 5.41) is 7.00. The van der Waals surface area contributed by atoms with Gasteiger partial charge in [0.05, 0.1) is 17.6 Å². The number of nitrogens with zero attached hydrogens (tertiary/aromatic N) is 3. The summed E-state index contributed by atoms with van der Waals surface area (Å²) in [4.78, 5) is 34.2. The highest BCUT2D eigenvalue weighted by atomic mass is 35.5. The quantitative estimate of drug-likeness (QED) is 0.315. The molecule has 2 heterocycles. The van der Waals surface area contributed by atoms with Gasteiger partial charge in [-0.1, -0.05) is 57.8 Å². The van der Waals surface area contributed by atoms with Gasteiger partial charge in [-0.15, -0.1) is 10.6 Å². The maximum Gasteiger partial charge on any atom is 0.274 e. The zero-order valence-electron chi connectivity index (χ0n) is 24.8. The first-order valence-corrected chi connectivity index (χ1v) is 15.3. The van der Waals surface area contributed by atoms with Crippen LogP contribution in [0.3, 0.4) is 0 Å². The summed E-state index contributed by atoms with van der Waals surface area (Å²) in [7, 11) is 0. The van der Waals surface area contributed by atoms with E-state index < -0.39 is 11.5 Å². The lowest BCUT2D eigenvalue weighted by molar-refractivity contribution is -0.133. The summed E-state index contributed by atoms with van der Waals surface area (Å²) in [5.41, 5.74) is 9.96. The van der Waals surface area contributed by atoms with Crippen molar-refractivity contribution in [2.45, 2.75) is 90.8 Å². The third-order valence-electron chi connectivity index (χ3n) is 8.98. The van der Waals surface area contributed by atoms with E-state index in [1.165, 1.54) is 6.08 Å². The Balaban J connectivity index is 1.44. The minimum atomic E-state index is -0.677. The Morgan fingerprint density at radius 2 is 1.93 bits per heavy atom. The molecule has 0 bridgehead atoms. The first-order valence-electron chi connectivity index (χ1n) is 14.9. The predicted molar refractivity (Wildman–Crippen MR) is 163 cm³/mol. The lowest BCUT2D eigenvalue weighted by Crippen LogP contribution is -2.51. The number of allylic oxidation sites excluding steroid dienone is 3. The molecule has 0 saturated heterocycles. The second-order valence-corrected chi connectivity index (χ2v) is 13.2. The minimum Gasteiger partial charge on any atom is -0.345 e. The van der Waals surface area contributed by atoms with Gasteiger partial charge in [-0.3, -0.25) is 20.0 Å². The molecule has 226 valence electrons. The Morgan fingerprint density at radius 1 is 1.21 bits per heavy atom. The molecule has 0 radical (unpaired) electrons. The largest absolute Gasteiger partial charge is 0.345 e. The highest BCUT2D eigenvalue weighted by molar-refractivity contribution is 6.47. The van der Waals surface area contributed by atoms with Gasteiger partial charge in [0.25, 0.3) is 11.8 Å². The van der Waals surface area contributed by atoms with Crippen molar-refractivity contribution in [3.05, 3.63) is 57.9 Å². The molecular weight excluding hydrogens is 557 g/mol. The molecule has 0 aromatic heterocycles. The fraction of sp³-hybridized carbons (Fsp3) is 0.548. The van der Waals surface area contributed by atoms with Crippen molar-refractivity contribution >= 4 is 35.0 Å². The lowest BCUT2D eigenvalue weighted by Gasteiger charge is -2.47. The Labute approximate surface area is 252 Å². The molecule has 11 heteroatoms. The second kappa shape index (κ2) is 12.2. The van der Waals surface area contributed by atoms with Gasteiger partial charge in [0.1, 0.15) is 17.2 Å². The van der Waals surface area contributed by atoms with Gasteiger partial charge >= 0.3 is 0 Å². The van der Waals surface area contributed by atoms with Crippen molar-refractivity contribution in [2.24, 2.45) is 21.4 Å². The van der Waals surface area contributed by atoms with Crippen LogP contribution in [0.5, 0.6) is 0 Å². The third kappa shape index (κ3) is 6.10. The Bertz CT molecular complexity index is 1340. The lowest BCUT2D eigenvalue weighted by atomic mass is 9.69. The van der Waals surface area contributed by atoms with Gasteiger partial charge < -0.3 is 10.2 Å². The van der Waals surface area contributed by atoms with Crippen molar-refractivity contribution in [1.82, 2.24) is 26.7 Å². The number of benzene rings is 1. The monoisotopic (exact) mass is 597 g/mol. The first kappa shape index (κ1) is 30.2. The van der Waals surface area contributed by atoms with Gasteiger partial charge in [-0.2, -0.15) is 0 Å². The summed E-state index contributed by atoms with van der Waals surface area (Å²) in [6.07, 6.45) is 7.30. The van der Waals surface area contributed by atoms with E-state index in [9.17, 15) is 14.0 Å². The number of amides is 2. The highest BCUT2D eigenvalue weighted by Gasteiger charge is 2.53.